The Balaban J connectivity index is 2.88. The van der Waals surface area contributed by atoms with Crippen LogP contribution in [-0.2, 0) is 6.42 Å². The van der Waals surface area contributed by atoms with Crippen molar-refractivity contribution in [1.29, 1.82) is 0 Å². The molecule has 13 heavy (non-hydrogen) atoms. The summed E-state index contributed by atoms with van der Waals surface area (Å²) in [7, 11) is 0. The summed E-state index contributed by atoms with van der Waals surface area (Å²) in [5.74, 6) is 1.11. The third-order valence-electron chi connectivity index (χ3n) is 2.39. The van der Waals surface area contributed by atoms with E-state index in [0.29, 0.717) is 0 Å². The molecule has 0 radical (unpaired) electrons. The van der Waals surface area contributed by atoms with Crippen molar-refractivity contribution < 1.29 is 9.21 Å². The molecule has 1 heterocycles. The zero-order valence-electron chi connectivity index (χ0n) is 8.46. The second-order valence-corrected chi connectivity index (χ2v) is 3.28. The maximum absolute atomic E-state index is 11.8. The molecule has 1 atom stereocenters. The fraction of sp³-hybridized carbons (Fsp3) is 0.545. The average Bonchev–Trinajstić information content (AvgIpc) is 2.62. The van der Waals surface area contributed by atoms with Crippen LogP contribution in [-0.4, -0.2) is 5.78 Å². The van der Waals surface area contributed by atoms with E-state index in [9.17, 15) is 4.79 Å². The highest BCUT2D eigenvalue weighted by atomic mass is 16.3. The lowest BCUT2D eigenvalue weighted by atomic mass is 9.97. The molecular formula is C11H16O2. The molecule has 0 spiro atoms. The largest absolute Gasteiger partial charge is 0.469 e. The number of furan rings is 1. The first-order valence-electron chi connectivity index (χ1n) is 4.81. The van der Waals surface area contributed by atoms with Crippen LogP contribution in [0.5, 0.6) is 0 Å². The van der Waals surface area contributed by atoms with E-state index >= 15 is 0 Å². The Hall–Kier alpha value is -1.05. The fourth-order valence-corrected chi connectivity index (χ4v) is 1.28. The molecule has 0 bridgehead atoms. The second kappa shape index (κ2) is 4.26. The lowest BCUT2D eigenvalue weighted by Gasteiger charge is -2.05. The topological polar surface area (TPSA) is 30.2 Å². The van der Waals surface area contributed by atoms with Crippen molar-refractivity contribution in [3.05, 3.63) is 23.7 Å². The van der Waals surface area contributed by atoms with Crippen LogP contribution < -0.4 is 0 Å². The Morgan fingerprint density at radius 1 is 1.54 bits per heavy atom. The molecule has 72 valence electrons. The molecule has 0 saturated carbocycles. The van der Waals surface area contributed by atoms with Crippen molar-refractivity contribution in [3.63, 3.8) is 0 Å². The Morgan fingerprint density at radius 2 is 2.23 bits per heavy atom. The van der Waals surface area contributed by atoms with Gasteiger partial charge in [-0.1, -0.05) is 20.8 Å². The van der Waals surface area contributed by atoms with Gasteiger partial charge in [-0.05, 0) is 12.5 Å². The summed E-state index contributed by atoms with van der Waals surface area (Å²) >= 11 is 0. The molecular weight excluding hydrogens is 164 g/mol. The van der Waals surface area contributed by atoms with Crippen LogP contribution in [0, 0.1) is 5.92 Å². The Morgan fingerprint density at radius 3 is 2.77 bits per heavy atom. The summed E-state index contributed by atoms with van der Waals surface area (Å²) in [6, 6.07) is 1.77. The molecule has 0 saturated heterocycles. The van der Waals surface area contributed by atoms with Crippen molar-refractivity contribution >= 4 is 5.78 Å². The van der Waals surface area contributed by atoms with E-state index < -0.39 is 0 Å². The highest BCUT2D eigenvalue weighted by Gasteiger charge is 2.17. The van der Waals surface area contributed by atoms with E-state index in [2.05, 4.69) is 0 Å². The van der Waals surface area contributed by atoms with E-state index in [1.165, 1.54) is 0 Å². The van der Waals surface area contributed by atoms with Gasteiger partial charge in [0.25, 0.3) is 0 Å². The number of aryl methyl sites for hydroxylation is 1. The number of carbonyl (C=O) groups excluding carboxylic acids is 1. The number of ketones is 1. The van der Waals surface area contributed by atoms with Crippen LogP contribution in [0.3, 0.4) is 0 Å². The number of hydrogen-bond acceptors (Lipinski definition) is 2. The highest BCUT2D eigenvalue weighted by Crippen LogP contribution is 2.17. The SMILES string of the molecule is CCc1occc1C(=O)C(C)CC. The van der Waals surface area contributed by atoms with Crippen LogP contribution in [0.4, 0.5) is 0 Å². The van der Waals surface area contributed by atoms with E-state index in [0.717, 1.165) is 24.2 Å². The summed E-state index contributed by atoms with van der Waals surface area (Å²) < 4.78 is 5.21. The minimum atomic E-state index is 0.0999. The van der Waals surface area contributed by atoms with Crippen LogP contribution in [0.1, 0.15) is 43.3 Å². The van der Waals surface area contributed by atoms with Gasteiger partial charge in [-0.15, -0.1) is 0 Å². The van der Waals surface area contributed by atoms with Gasteiger partial charge in [0.1, 0.15) is 5.76 Å². The van der Waals surface area contributed by atoms with Crippen LogP contribution in [0.25, 0.3) is 0 Å². The zero-order chi connectivity index (χ0) is 9.84. The lowest BCUT2D eigenvalue weighted by Crippen LogP contribution is -2.10. The van der Waals surface area contributed by atoms with E-state index in [1.807, 2.05) is 20.8 Å². The number of Topliss-reactive ketones (excluding diaryl/α,β-unsaturated/α-hetero) is 1. The molecule has 0 aliphatic carbocycles. The highest BCUT2D eigenvalue weighted by molar-refractivity contribution is 5.98. The normalized spacial score (nSPS) is 12.8. The monoisotopic (exact) mass is 180 g/mol. The quantitative estimate of drug-likeness (QED) is 0.666. The van der Waals surface area contributed by atoms with Gasteiger partial charge < -0.3 is 4.42 Å². The van der Waals surface area contributed by atoms with Gasteiger partial charge in [0, 0.05) is 12.3 Å². The van der Waals surface area contributed by atoms with Crippen molar-refractivity contribution in [2.75, 3.05) is 0 Å². The summed E-state index contributed by atoms with van der Waals surface area (Å²) in [4.78, 5) is 11.8. The molecule has 1 aromatic rings. The van der Waals surface area contributed by atoms with Gasteiger partial charge in [0.15, 0.2) is 5.78 Å². The van der Waals surface area contributed by atoms with Crippen molar-refractivity contribution in [2.45, 2.75) is 33.6 Å². The summed E-state index contributed by atoms with van der Waals surface area (Å²) in [5.41, 5.74) is 0.761. The predicted octanol–water partition coefficient (Wildman–Crippen LogP) is 3.07. The predicted molar refractivity (Wildman–Crippen MR) is 51.9 cm³/mol. The maximum Gasteiger partial charge on any atom is 0.169 e. The third kappa shape index (κ3) is 2.00. The number of hydrogen-bond donors (Lipinski definition) is 0. The first-order chi connectivity index (χ1) is 6.20. The van der Waals surface area contributed by atoms with Crippen LogP contribution in [0.15, 0.2) is 16.7 Å². The Bertz CT molecular complexity index is 286. The second-order valence-electron chi connectivity index (χ2n) is 3.28. The summed E-state index contributed by atoms with van der Waals surface area (Å²) in [6.07, 6.45) is 3.26. The standard InChI is InChI=1S/C11H16O2/c1-4-8(3)11(12)9-6-7-13-10(9)5-2/h6-8H,4-5H2,1-3H3. The van der Waals surface area contributed by atoms with E-state index in [4.69, 9.17) is 4.42 Å². The van der Waals surface area contributed by atoms with Crippen LogP contribution >= 0.6 is 0 Å². The zero-order valence-corrected chi connectivity index (χ0v) is 8.46. The maximum atomic E-state index is 11.8. The molecule has 2 nitrogen and oxygen atoms in total. The van der Waals surface area contributed by atoms with E-state index in [-0.39, 0.29) is 11.7 Å². The average molecular weight is 180 g/mol. The van der Waals surface area contributed by atoms with Crippen molar-refractivity contribution in [2.24, 2.45) is 5.92 Å². The van der Waals surface area contributed by atoms with Crippen LogP contribution in [0.2, 0.25) is 0 Å². The molecule has 1 aromatic heterocycles. The first-order valence-corrected chi connectivity index (χ1v) is 4.81. The summed E-state index contributed by atoms with van der Waals surface area (Å²) in [6.45, 7) is 5.97. The molecule has 0 fully saturated rings. The first kappa shape index (κ1) is 10.0. The number of rotatable bonds is 4. The van der Waals surface area contributed by atoms with Gasteiger partial charge in [-0.3, -0.25) is 4.79 Å². The minimum absolute atomic E-state index is 0.0999. The molecule has 0 N–H and O–H groups in total. The van der Waals surface area contributed by atoms with Gasteiger partial charge >= 0.3 is 0 Å². The van der Waals surface area contributed by atoms with Crippen molar-refractivity contribution in [3.8, 4) is 0 Å². The van der Waals surface area contributed by atoms with Crippen molar-refractivity contribution in [1.82, 2.24) is 0 Å². The lowest BCUT2D eigenvalue weighted by molar-refractivity contribution is 0.0925. The molecule has 1 rings (SSSR count). The van der Waals surface area contributed by atoms with E-state index in [1.54, 1.807) is 12.3 Å². The number of carbonyl (C=O) groups is 1. The Kier molecular flexibility index (Phi) is 3.29. The smallest absolute Gasteiger partial charge is 0.169 e. The minimum Gasteiger partial charge on any atom is -0.469 e. The van der Waals surface area contributed by atoms with Gasteiger partial charge in [0.05, 0.1) is 11.8 Å². The fourth-order valence-electron chi connectivity index (χ4n) is 1.28. The molecule has 1 unspecified atom stereocenters. The third-order valence-corrected chi connectivity index (χ3v) is 2.39. The molecule has 0 aliphatic rings. The molecule has 2 heteroatoms. The van der Waals surface area contributed by atoms with Gasteiger partial charge in [-0.2, -0.15) is 0 Å². The van der Waals surface area contributed by atoms with Gasteiger partial charge in [0.2, 0.25) is 0 Å². The summed E-state index contributed by atoms with van der Waals surface area (Å²) in [5, 5.41) is 0. The molecule has 0 aliphatic heterocycles. The molecule has 0 aromatic carbocycles. The Labute approximate surface area is 78.9 Å². The molecule has 0 amide bonds. The van der Waals surface area contributed by atoms with Gasteiger partial charge in [-0.25, -0.2) is 0 Å².